The minimum Gasteiger partial charge on any atom is -0.457 e. The molecule has 1 aliphatic heterocycles. The van der Waals surface area contributed by atoms with E-state index in [0.29, 0.717) is 13.0 Å². The Labute approximate surface area is 457 Å². The summed E-state index contributed by atoms with van der Waals surface area (Å²) in [6.45, 7) is 3.85. The number of allylic oxidation sites excluding steroid dienone is 14. The predicted octanol–water partition coefficient (Wildman–Crippen LogP) is 15.1. The van der Waals surface area contributed by atoms with Crippen molar-refractivity contribution in [2.75, 3.05) is 26.4 Å². The number of hydrogen-bond donors (Lipinski definition) is 4. The first kappa shape index (κ1) is 70.3. The van der Waals surface area contributed by atoms with Crippen molar-refractivity contribution in [3.8, 4) is 0 Å². The number of carbonyl (C=O) groups excluding carboxylic acids is 1. The van der Waals surface area contributed by atoms with Gasteiger partial charge in [0.25, 0.3) is 0 Å². The molecule has 0 aromatic heterocycles. The molecule has 0 aliphatic carbocycles. The van der Waals surface area contributed by atoms with Crippen LogP contribution >= 0.6 is 0 Å². The molecule has 12 nitrogen and oxygen atoms in total. The average molecular weight is 1080 g/mol. The van der Waals surface area contributed by atoms with Gasteiger partial charge in [0, 0.05) is 13.0 Å². The fourth-order valence-electron chi connectivity index (χ4n) is 8.83. The molecular formula is C62H108O12S. The summed E-state index contributed by atoms with van der Waals surface area (Å²) < 4.78 is 59.4. The number of aliphatic hydroxyl groups excluding tert-OH is 3. The standard InChI is InChI=1S/C62H108O12S/c1-3-5-7-9-11-13-15-17-19-21-23-25-27-28-29-30-32-34-36-38-40-42-44-46-48-50-52-70-54-56(55-71-62-60(66)61(74-75(67,68)69)59(65)57(53-63)73-62)72-58(64)51-49-47-45-43-41-39-37-35-33-31-26-24-22-20-18-16-14-12-10-8-6-4-2/h5,7,11,13,17,19,23,25,28-29,32,34,38,40,56-57,59-63,65-66H,3-4,6,8-10,12,14-16,18,20-22,24,26-27,30-31,33,35-37,39,41-55H2,1-2H3,(H,67,68,69)/b7-5-,13-11-,19-17-,25-23-,29-28-,34-32-,40-38-. The Kier molecular flexibility index (Phi) is 48.7. The SMILES string of the molecule is CC/C=C\C/C=C\C/C=C\C/C=C\C/C=C\C/C=C\C/C=C\CCCCCCOCC(COC1OC(CO)C(O)C(OS(=O)(=O)O)C1O)OC(=O)CCCCCCCCCCCCCCCCCCCCCCCC. The molecule has 6 unspecified atom stereocenters. The molecule has 75 heavy (non-hydrogen) atoms. The van der Waals surface area contributed by atoms with Crippen molar-refractivity contribution in [3.05, 3.63) is 85.1 Å². The van der Waals surface area contributed by atoms with E-state index >= 15 is 0 Å². The Bertz CT molecular complexity index is 1620. The summed E-state index contributed by atoms with van der Waals surface area (Å²) >= 11 is 0. The second-order valence-corrected chi connectivity index (χ2v) is 21.3. The highest BCUT2D eigenvalue weighted by Crippen LogP contribution is 2.26. The summed E-state index contributed by atoms with van der Waals surface area (Å²) in [7, 11) is -5.08. The molecule has 1 fully saturated rings. The molecule has 4 N–H and O–H groups in total. The predicted molar refractivity (Wildman–Crippen MR) is 308 cm³/mol. The highest BCUT2D eigenvalue weighted by molar-refractivity contribution is 7.80. The first-order valence-corrected chi connectivity index (χ1v) is 31.2. The maximum Gasteiger partial charge on any atom is 0.397 e. The smallest absolute Gasteiger partial charge is 0.397 e. The maximum atomic E-state index is 13.0. The van der Waals surface area contributed by atoms with Gasteiger partial charge in [0.15, 0.2) is 6.29 Å². The highest BCUT2D eigenvalue weighted by Gasteiger charge is 2.48. The van der Waals surface area contributed by atoms with Crippen molar-refractivity contribution in [3.63, 3.8) is 0 Å². The molecule has 1 heterocycles. The molecule has 0 radical (unpaired) electrons. The largest absolute Gasteiger partial charge is 0.457 e. The minimum absolute atomic E-state index is 0.0161. The summed E-state index contributed by atoms with van der Waals surface area (Å²) in [5.74, 6) is -0.407. The van der Waals surface area contributed by atoms with E-state index in [4.69, 9.17) is 18.9 Å². The van der Waals surface area contributed by atoms with Crippen LogP contribution in [0.2, 0.25) is 0 Å². The van der Waals surface area contributed by atoms with E-state index in [2.05, 4.69) is 103 Å². The van der Waals surface area contributed by atoms with E-state index in [1.807, 2.05) is 0 Å². The number of esters is 1. The van der Waals surface area contributed by atoms with E-state index in [0.717, 1.165) is 96.3 Å². The molecule has 434 valence electrons. The van der Waals surface area contributed by atoms with Crippen LogP contribution in [0.4, 0.5) is 0 Å². The molecule has 6 atom stereocenters. The van der Waals surface area contributed by atoms with Crippen LogP contribution in [0, 0.1) is 0 Å². The minimum atomic E-state index is -5.08. The maximum absolute atomic E-state index is 13.0. The van der Waals surface area contributed by atoms with Crippen molar-refractivity contribution in [1.82, 2.24) is 0 Å². The topological polar surface area (TPSA) is 178 Å². The summed E-state index contributed by atoms with van der Waals surface area (Å²) in [5, 5.41) is 30.9. The molecule has 1 aliphatic rings. The lowest BCUT2D eigenvalue weighted by atomic mass is 9.99. The van der Waals surface area contributed by atoms with Gasteiger partial charge >= 0.3 is 16.4 Å². The van der Waals surface area contributed by atoms with Crippen LogP contribution < -0.4 is 0 Å². The first-order chi connectivity index (χ1) is 36.6. The van der Waals surface area contributed by atoms with Crippen LogP contribution in [0.25, 0.3) is 0 Å². The van der Waals surface area contributed by atoms with Gasteiger partial charge in [-0.2, -0.15) is 8.42 Å². The Hall–Kier alpha value is -2.72. The van der Waals surface area contributed by atoms with Crippen molar-refractivity contribution >= 4 is 16.4 Å². The lowest BCUT2D eigenvalue weighted by molar-refractivity contribution is -0.301. The van der Waals surface area contributed by atoms with Crippen molar-refractivity contribution < 1.29 is 56.2 Å². The van der Waals surface area contributed by atoms with Crippen LogP contribution in [0.3, 0.4) is 0 Å². The van der Waals surface area contributed by atoms with E-state index in [1.165, 1.54) is 116 Å². The van der Waals surface area contributed by atoms with Gasteiger partial charge in [-0.25, -0.2) is 4.18 Å². The monoisotopic (exact) mass is 1080 g/mol. The van der Waals surface area contributed by atoms with E-state index in [1.54, 1.807) is 0 Å². The van der Waals surface area contributed by atoms with Gasteiger partial charge in [0.2, 0.25) is 0 Å². The number of hydrogen-bond acceptors (Lipinski definition) is 11. The van der Waals surface area contributed by atoms with Gasteiger partial charge in [-0.3, -0.25) is 9.35 Å². The first-order valence-electron chi connectivity index (χ1n) is 29.8. The summed E-state index contributed by atoms with van der Waals surface area (Å²) in [6.07, 6.45) is 61.9. The molecule has 1 saturated heterocycles. The van der Waals surface area contributed by atoms with Gasteiger partial charge in [0.05, 0.1) is 19.8 Å². The second kappa shape index (κ2) is 52.0. The third-order valence-electron chi connectivity index (χ3n) is 13.3. The number of rotatable bonds is 52. The Morgan fingerprint density at radius 1 is 0.520 bits per heavy atom. The number of ether oxygens (including phenoxy) is 4. The molecule has 0 spiro atoms. The third kappa shape index (κ3) is 44.9. The third-order valence-corrected chi connectivity index (χ3v) is 13.7. The van der Waals surface area contributed by atoms with Crippen LogP contribution in [0.1, 0.15) is 239 Å². The van der Waals surface area contributed by atoms with Gasteiger partial charge in [-0.05, 0) is 70.6 Å². The molecule has 0 saturated carbocycles. The van der Waals surface area contributed by atoms with Crippen molar-refractivity contribution in [2.45, 2.75) is 275 Å². The van der Waals surface area contributed by atoms with Crippen LogP contribution in [-0.4, -0.2) is 97.5 Å². The molecule has 13 heteroatoms. The number of carbonyl (C=O) groups is 1. The van der Waals surface area contributed by atoms with Crippen molar-refractivity contribution in [1.29, 1.82) is 0 Å². The average Bonchev–Trinajstić information content (AvgIpc) is 3.39. The summed E-state index contributed by atoms with van der Waals surface area (Å²) in [5.41, 5.74) is 0. The van der Waals surface area contributed by atoms with Crippen LogP contribution in [-0.2, 0) is 38.3 Å². The van der Waals surface area contributed by atoms with Crippen LogP contribution in [0.15, 0.2) is 85.1 Å². The van der Waals surface area contributed by atoms with Crippen LogP contribution in [0.5, 0.6) is 0 Å². The fraction of sp³-hybridized carbons (Fsp3) is 0.758. The normalized spacial score (nSPS) is 19.3. The molecule has 0 aromatic rings. The lowest BCUT2D eigenvalue weighted by Crippen LogP contribution is -2.60. The van der Waals surface area contributed by atoms with Gasteiger partial charge in [-0.15, -0.1) is 0 Å². The van der Waals surface area contributed by atoms with Gasteiger partial charge in [-0.1, -0.05) is 247 Å². The lowest BCUT2D eigenvalue weighted by Gasteiger charge is -2.41. The Morgan fingerprint density at radius 3 is 1.35 bits per heavy atom. The van der Waals surface area contributed by atoms with E-state index < -0.39 is 59.8 Å². The molecule has 0 bridgehead atoms. The summed E-state index contributed by atoms with van der Waals surface area (Å²) in [4.78, 5) is 13.0. The molecular weight excluding hydrogens is 969 g/mol. The Balaban J connectivity index is 2.32. The number of aliphatic hydroxyl groups is 3. The Morgan fingerprint density at radius 2 is 0.920 bits per heavy atom. The van der Waals surface area contributed by atoms with E-state index in [-0.39, 0.29) is 19.6 Å². The molecule has 1 rings (SSSR count). The quantitative estimate of drug-likeness (QED) is 0.0196. The van der Waals surface area contributed by atoms with Gasteiger partial charge < -0.3 is 34.3 Å². The van der Waals surface area contributed by atoms with Crippen molar-refractivity contribution in [2.24, 2.45) is 0 Å². The highest BCUT2D eigenvalue weighted by atomic mass is 32.3. The fourth-order valence-corrected chi connectivity index (χ4v) is 9.34. The zero-order chi connectivity index (χ0) is 54.6. The zero-order valence-corrected chi connectivity index (χ0v) is 47.9. The number of unbranched alkanes of at least 4 members (excludes halogenated alkanes) is 25. The second-order valence-electron chi connectivity index (χ2n) is 20.2. The molecule has 0 aromatic carbocycles. The summed E-state index contributed by atoms with van der Waals surface area (Å²) in [6, 6.07) is 0. The van der Waals surface area contributed by atoms with Gasteiger partial charge in [0.1, 0.15) is 30.5 Å². The zero-order valence-electron chi connectivity index (χ0n) is 47.1. The molecule has 0 amide bonds. The van der Waals surface area contributed by atoms with E-state index in [9.17, 15) is 33.1 Å².